The number of ether oxygens (including phenoxy) is 1. The summed E-state index contributed by atoms with van der Waals surface area (Å²) in [6, 6.07) is 24.7. The molecule has 5 aromatic rings. The highest BCUT2D eigenvalue weighted by atomic mass is 16.5. The van der Waals surface area contributed by atoms with Gasteiger partial charge < -0.3 is 4.74 Å². The maximum atomic E-state index is 7.00. The van der Waals surface area contributed by atoms with Crippen LogP contribution in [0, 0.1) is 18.3 Å². The lowest BCUT2D eigenvalue weighted by molar-refractivity contribution is -0.659. The van der Waals surface area contributed by atoms with E-state index in [-0.39, 0.29) is 5.41 Å². The van der Waals surface area contributed by atoms with Crippen LogP contribution >= 0.6 is 0 Å². The molecule has 1 aliphatic rings. The molecule has 0 N–H and O–H groups in total. The molecule has 4 aromatic carbocycles. The maximum absolute atomic E-state index is 7.00. The van der Waals surface area contributed by atoms with Crippen LogP contribution in [0.3, 0.4) is 0 Å². The van der Waals surface area contributed by atoms with Crippen LogP contribution in [0.2, 0.25) is 0 Å². The van der Waals surface area contributed by atoms with Gasteiger partial charge in [-0.3, -0.25) is 0 Å². The number of fused-ring (bicyclic) bond motifs is 3. The zero-order valence-corrected chi connectivity index (χ0v) is 23.8. The minimum absolute atomic E-state index is 0.128. The van der Waals surface area contributed by atoms with Crippen molar-refractivity contribution in [3.63, 3.8) is 0 Å². The van der Waals surface area contributed by atoms with E-state index < -0.39 is 0 Å². The zero-order valence-electron chi connectivity index (χ0n) is 23.8. The fourth-order valence-electron chi connectivity index (χ4n) is 6.18. The lowest BCUT2D eigenvalue weighted by Gasteiger charge is -2.28. The summed E-state index contributed by atoms with van der Waals surface area (Å²) in [5, 5.41) is 5.02. The summed E-state index contributed by atoms with van der Waals surface area (Å²) in [6.07, 6.45) is 4.25. The Morgan fingerprint density at radius 3 is 2.26 bits per heavy atom. The van der Waals surface area contributed by atoms with Gasteiger partial charge in [-0.2, -0.15) is 0 Å². The van der Waals surface area contributed by atoms with E-state index in [1.54, 1.807) is 0 Å². The van der Waals surface area contributed by atoms with Gasteiger partial charge in [-0.1, -0.05) is 83.1 Å². The summed E-state index contributed by atoms with van der Waals surface area (Å²) in [4.78, 5) is 0. The van der Waals surface area contributed by atoms with Crippen molar-refractivity contribution in [1.29, 1.82) is 0 Å². The molecule has 0 amide bonds. The molecule has 1 aliphatic heterocycles. The Bertz CT molecular complexity index is 1700. The summed E-state index contributed by atoms with van der Waals surface area (Å²) in [7, 11) is 2.16. The van der Waals surface area contributed by atoms with E-state index in [2.05, 4.69) is 126 Å². The van der Waals surface area contributed by atoms with E-state index in [9.17, 15) is 0 Å². The molecule has 2 nitrogen and oxygen atoms in total. The molecule has 0 atom stereocenters. The van der Waals surface area contributed by atoms with Crippen molar-refractivity contribution in [2.24, 2.45) is 18.4 Å². The molecule has 1 aromatic heterocycles. The Morgan fingerprint density at radius 1 is 0.868 bits per heavy atom. The van der Waals surface area contributed by atoms with Gasteiger partial charge in [0.15, 0.2) is 6.20 Å². The number of pyridine rings is 1. The van der Waals surface area contributed by atoms with E-state index in [0.717, 1.165) is 24.3 Å². The van der Waals surface area contributed by atoms with Gasteiger partial charge in [0.2, 0.25) is 5.69 Å². The number of hydrogen-bond donors (Lipinski definition) is 0. The lowest BCUT2D eigenvalue weighted by atomic mass is 9.81. The van der Waals surface area contributed by atoms with Crippen LogP contribution in [-0.2, 0) is 19.9 Å². The SMILES string of the molecule is Cc1c2c(c(CC(C)(C)C)c3ccccc13)Oc1cc(-c3ccc(CC(C)C)cc3)cc3cc[n+](C)c-2c13. The Kier molecular flexibility index (Phi) is 5.83. The molecule has 6 rings (SSSR count). The number of aryl methyl sites for hydroxylation is 2. The normalized spacial score (nSPS) is 12.7. The highest BCUT2D eigenvalue weighted by molar-refractivity contribution is 6.07. The highest BCUT2D eigenvalue weighted by Gasteiger charge is 2.34. The van der Waals surface area contributed by atoms with Gasteiger partial charge in [-0.15, -0.1) is 0 Å². The van der Waals surface area contributed by atoms with E-state index in [4.69, 9.17) is 4.74 Å². The van der Waals surface area contributed by atoms with Gasteiger partial charge in [-0.05, 0) is 81.6 Å². The summed E-state index contributed by atoms with van der Waals surface area (Å²) in [5.74, 6) is 2.63. The summed E-state index contributed by atoms with van der Waals surface area (Å²) in [5.41, 5.74) is 9.01. The first kappa shape index (κ1) is 24.7. The summed E-state index contributed by atoms with van der Waals surface area (Å²) >= 11 is 0. The van der Waals surface area contributed by atoms with Gasteiger partial charge in [0.05, 0.1) is 10.9 Å². The summed E-state index contributed by atoms with van der Waals surface area (Å²) < 4.78 is 9.27. The third kappa shape index (κ3) is 4.17. The third-order valence-electron chi connectivity index (χ3n) is 7.82. The molecule has 0 radical (unpaired) electrons. The first-order valence-electron chi connectivity index (χ1n) is 13.9. The van der Waals surface area contributed by atoms with Gasteiger partial charge >= 0.3 is 0 Å². The van der Waals surface area contributed by atoms with E-state index in [1.165, 1.54) is 60.6 Å². The number of hydrogen-bond acceptors (Lipinski definition) is 1. The monoisotopic (exact) mass is 500 g/mol. The molecule has 0 spiro atoms. The van der Waals surface area contributed by atoms with Crippen LogP contribution in [0.5, 0.6) is 11.5 Å². The number of rotatable bonds is 4. The fourth-order valence-corrected chi connectivity index (χ4v) is 6.18. The van der Waals surface area contributed by atoms with Crippen LogP contribution in [0.15, 0.2) is 72.9 Å². The van der Waals surface area contributed by atoms with Crippen molar-refractivity contribution in [1.82, 2.24) is 0 Å². The third-order valence-corrected chi connectivity index (χ3v) is 7.82. The second-order valence-electron chi connectivity index (χ2n) is 12.7. The predicted octanol–water partition coefficient (Wildman–Crippen LogP) is 9.35. The Labute approximate surface area is 226 Å². The van der Waals surface area contributed by atoms with Gasteiger partial charge in [0.1, 0.15) is 18.5 Å². The molecule has 0 bridgehead atoms. The summed E-state index contributed by atoms with van der Waals surface area (Å²) in [6.45, 7) is 13.7. The number of nitrogens with zero attached hydrogens (tertiary/aromatic N) is 1. The molecule has 0 unspecified atom stereocenters. The number of aromatic nitrogens is 1. The molecule has 0 aliphatic carbocycles. The lowest BCUT2D eigenvalue weighted by Crippen LogP contribution is -2.32. The second-order valence-corrected chi connectivity index (χ2v) is 12.7. The molecule has 192 valence electrons. The molecule has 0 fully saturated rings. The van der Waals surface area contributed by atoms with Crippen LogP contribution in [-0.4, -0.2) is 0 Å². The molecule has 0 saturated carbocycles. The van der Waals surface area contributed by atoms with Gasteiger partial charge in [0.25, 0.3) is 0 Å². The maximum Gasteiger partial charge on any atom is 0.228 e. The van der Waals surface area contributed by atoms with Crippen LogP contribution < -0.4 is 9.30 Å². The van der Waals surface area contributed by atoms with Crippen molar-refractivity contribution in [2.45, 2.75) is 54.4 Å². The largest absolute Gasteiger partial charge is 0.455 e. The first-order chi connectivity index (χ1) is 18.1. The average Bonchev–Trinajstić information content (AvgIpc) is 2.87. The Balaban J connectivity index is 1.61. The van der Waals surface area contributed by atoms with Crippen molar-refractivity contribution < 1.29 is 9.30 Å². The van der Waals surface area contributed by atoms with Crippen molar-refractivity contribution in [3.8, 4) is 33.9 Å². The molecule has 0 saturated heterocycles. The molecular formula is C36H38NO+. The smallest absolute Gasteiger partial charge is 0.228 e. The van der Waals surface area contributed by atoms with E-state index in [0.29, 0.717) is 5.92 Å². The topological polar surface area (TPSA) is 13.1 Å². The van der Waals surface area contributed by atoms with E-state index in [1.807, 2.05) is 0 Å². The average molecular weight is 501 g/mol. The standard InChI is InChI=1S/C36H38NO/c1-22(2)18-24-12-14-25(15-13-24)27-19-26-16-17-37(7)34-32-23(3)28-10-8-9-11-29(28)30(21-36(4,5)6)35(32)38-31(20-27)33(26)34/h8-17,19-20,22H,18,21H2,1-7H3/q+1. The van der Waals surface area contributed by atoms with E-state index >= 15 is 0 Å². The highest BCUT2D eigenvalue weighted by Crippen LogP contribution is 2.52. The minimum Gasteiger partial charge on any atom is -0.455 e. The van der Waals surface area contributed by atoms with Crippen molar-refractivity contribution in [2.75, 3.05) is 0 Å². The van der Waals surface area contributed by atoms with Crippen LogP contribution in [0.4, 0.5) is 0 Å². The van der Waals surface area contributed by atoms with Crippen LogP contribution in [0.25, 0.3) is 43.9 Å². The second kappa shape index (κ2) is 8.98. The quantitative estimate of drug-likeness (QED) is 0.220. The van der Waals surface area contributed by atoms with Crippen LogP contribution in [0.1, 0.15) is 51.3 Å². The molecular weight excluding hydrogens is 462 g/mol. The Hall–Kier alpha value is -3.65. The zero-order chi connectivity index (χ0) is 26.8. The predicted molar refractivity (Wildman–Crippen MR) is 160 cm³/mol. The first-order valence-corrected chi connectivity index (χ1v) is 13.9. The fraction of sp³-hybridized carbons (Fsp3) is 0.306. The molecule has 38 heavy (non-hydrogen) atoms. The molecule has 2 heterocycles. The van der Waals surface area contributed by atoms with Gasteiger partial charge in [-0.25, -0.2) is 4.57 Å². The van der Waals surface area contributed by atoms with Crippen molar-refractivity contribution >= 4 is 21.5 Å². The van der Waals surface area contributed by atoms with Gasteiger partial charge in [0, 0.05) is 11.6 Å². The minimum atomic E-state index is 0.128. The number of benzene rings is 4. The Morgan fingerprint density at radius 2 is 1.58 bits per heavy atom. The van der Waals surface area contributed by atoms with Crippen molar-refractivity contribution in [3.05, 3.63) is 89.6 Å². The molecule has 2 heteroatoms.